The van der Waals surface area contributed by atoms with E-state index in [0.29, 0.717) is 23.5 Å². The lowest BCUT2D eigenvalue weighted by Crippen LogP contribution is -2.46. The predicted molar refractivity (Wildman–Crippen MR) is 144 cm³/mol. The minimum absolute atomic E-state index is 0.0856. The molecule has 0 radical (unpaired) electrons. The van der Waals surface area contributed by atoms with E-state index in [4.69, 9.17) is 4.99 Å². The lowest BCUT2D eigenvalue weighted by Gasteiger charge is -2.39. The van der Waals surface area contributed by atoms with Crippen LogP contribution in [0.4, 0.5) is 5.69 Å². The van der Waals surface area contributed by atoms with Crippen molar-refractivity contribution < 1.29 is 4.79 Å². The van der Waals surface area contributed by atoms with Crippen LogP contribution in [0, 0.1) is 11.3 Å². The van der Waals surface area contributed by atoms with Crippen LogP contribution >= 0.6 is 11.3 Å². The van der Waals surface area contributed by atoms with Gasteiger partial charge in [0, 0.05) is 19.6 Å². The number of likely N-dealkylation sites (tertiary alicyclic amines) is 1. The van der Waals surface area contributed by atoms with Crippen molar-refractivity contribution in [1.29, 1.82) is 5.26 Å². The molecule has 0 bridgehead atoms. The van der Waals surface area contributed by atoms with Crippen molar-refractivity contribution in [1.82, 2.24) is 15.1 Å². The van der Waals surface area contributed by atoms with Gasteiger partial charge in [-0.3, -0.25) is 4.79 Å². The van der Waals surface area contributed by atoms with Crippen LogP contribution in [-0.2, 0) is 6.54 Å². The van der Waals surface area contributed by atoms with Crippen molar-refractivity contribution in [2.45, 2.75) is 52.0 Å². The highest BCUT2D eigenvalue weighted by atomic mass is 32.1. The zero-order valence-corrected chi connectivity index (χ0v) is 21.3. The van der Waals surface area contributed by atoms with Gasteiger partial charge in [0.2, 0.25) is 5.96 Å². The zero-order valence-electron chi connectivity index (χ0n) is 20.5. The second-order valence-electron chi connectivity index (χ2n) is 9.09. The number of guanidine groups is 1. The smallest absolute Gasteiger partial charge is 0.261 e. The summed E-state index contributed by atoms with van der Waals surface area (Å²) in [6, 6.07) is 11.8. The third-order valence-corrected chi connectivity index (χ3v) is 7.63. The molecule has 3 heterocycles. The monoisotopic (exact) mass is 487 g/mol. The Hall–Kier alpha value is -3.37. The first-order chi connectivity index (χ1) is 17.0. The first kappa shape index (κ1) is 24.7. The van der Waals surface area contributed by atoms with E-state index in [0.717, 1.165) is 78.6 Å². The molecular weight excluding hydrogens is 454 g/mol. The van der Waals surface area contributed by atoms with Crippen LogP contribution in [0.15, 0.2) is 54.1 Å². The molecule has 1 aromatic carbocycles. The second kappa shape index (κ2) is 11.4. The Kier molecular flexibility index (Phi) is 8.04. The molecule has 2 aliphatic rings. The Balaban J connectivity index is 1.59. The number of hydrogen-bond acceptors (Lipinski definition) is 6. The quantitative estimate of drug-likeness (QED) is 0.460. The molecule has 7 heteroatoms. The summed E-state index contributed by atoms with van der Waals surface area (Å²) in [6.07, 6.45) is 6.32. The second-order valence-corrected chi connectivity index (χ2v) is 10.1. The van der Waals surface area contributed by atoms with Gasteiger partial charge in [-0.05, 0) is 49.8 Å². The lowest BCUT2D eigenvalue weighted by atomic mass is 10.1. The van der Waals surface area contributed by atoms with Gasteiger partial charge in [-0.1, -0.05) is 50.3 Å². The number of amides is 1. The van der Waals surface area contributed by atoms with Crippen LogP contribution in [0.2, 0.25) is 0 Å². The fraction of sp³-hybridized carbons (Fsp3) is 0.393. The predicted octanol–water partition coefficient (Wildman–Crippen LogP) is 6.06. The Labute approximate surface area is 212 Å². The molecule has 1 fully saturated rings. The van der Waals surface area contributed by atoms with Gasteiger partial charge >= 0.3 is 0 Å². The molecule has 0 saturated carbocycles. The minimum atomic E-state index is -0.0856. The molecule has 1 aromatic heterocycles. The van der Waals surface area contributed by atoms with Crippen LogP contribution in [0.5, 0.6) is 0 Å². The summed E-state index contributed by atoms with van der Waals surface area (Å²) >= 11 is 1.43. The summed E-state index contributed by atoms with van der Waals surface area (Å²) in [5, 5.41) is 12.6. The van der Waals surface area contributed by atoms with E-state index in [1.165, 1.54) is 17.8 Å². The molecule has 1 saturated heterocycles. The largest absolute Gasteiger partial charge is 0.351 e. The minimum Gasteiger partial charge on any atom is -0.351 e. The highest BCUT2D eigenvalue weighted by Crippen LogP contribution is 2.41. The molecule has 4 rings (SSSR count). The average molecular weight is 488 g/mol. The third-order valence-electron chi connectivity index (χ3n) is 6.46. The van der Waals surface area contributed by atoms with Crippen molar-refractivity contribution in [2.24, 2.45) is 4.99 Å². The molecule has 1 N–H and O–H groups in total. The van der Waals surface area contributed by atoms with Gasteiger partial charge in [-0.25, -0.2) is 4.99 Å². The Morgan fingerprint density at radius 2 is 2.00 bits per heavy atom. The number of nitriles is 1. The number of fused-ring (bicyclic) bond motifs is 1. The van der Waals surface area contributed by atoms with Gasteiger partial charge in [0.25, 0.3) is 5.91 Å². The molecule has 0 aliphatic carbocycles. The number of nitrogens with one attached hydrogen (secondary N) is 1. The molecule has 6 nitrogen and oxygen atoms in total. The molecule has 1 amide bonds. The van der Waals surface area contributed by atoms with Crippen LogP contribution < -0.4 is 5.32 Å². The van der Waals surface area contributed by atoms with Gasteiger partial charge in [0.05, 0.1) is 39.3 Å². The first-order valence-electron chi connectivity index (χ1n) is 12.4. The van der Waals surface area contributed by atoms with Gasteiger partial charge in [0.15, 0.2) is 0 Å². The fourth-order valence-electron chi connectivity index (χ4n) is 4.55. The molecule has 182 valence electrons. The zero-order chi connectivity index (χ0) is 24.8. The van der Waals surface area contributed by atoms with E-state index in [-0.39, 0.29) is 5.91 Å². The summed E-state index contributed by atoms with van der Waals surface area (Å²) in [4.78, 5) is 23.9. The summed E-state index contributed by atoms with van der Waals surface area (Å²) < 4.78 is 0. The molecule has 0 atom stereocenters. The summed E-state index contributed by atoms with van der Waals surface area (Å²) in [5.41, 5.74) is 4.37. The number of aliphatic imine (C=N–C) groups is 1. The van der Waals surface area contributed by atoms with Crippen LogP contribution in [0.1, 0.15) is 71.1 Å². The third kappa shape index (κ3) is 5.66. The van der Waals surface area contributed by atoms with Crippen molar-refractivity contribution in [3.63, 3.8) is 0 Å². The SMILES string of the molecule is C=C(CCC)CCNC(=O)c1cc2c(s1)C(=C)N(Cc1ccccc1C#N)C(N1CCCCC1)=N2. The molecule has 0 unspecified atom stereocenters. The first-order valence-corrected chi connectivity index (χ1v) is 13.2. The van der Waals surface area contributed by atoms with E-state index in [1.54, 1.807) is 0 Å². The molecule has 2 aliphatic heterocycles. The number of rotatable bonds is 8. The number of piperidine rings is 1. The van der Waals surface area contributed by atoms with Gasteiger partial charge in [0.1, 0.15) is 0 Å². The molecule has 35 heavy (non-hydrogen) atoms. The number of carbonyl (C=O) groups is 1. The number of benzene rings is 1. The van der Waals surface area contributed by atoms with Crippen LogP contribution in [0.3, 0.4) is 0 Å². The highest BCUT2D eigenvalue weighted by molar-refractivity contribution is 7.15. The van der Waals surface area contributed by atoms with Gasteiger partial charge in [-0.2, -0.15) is 5.26 Å². The van der Waals surface area contributed by atoms with E-state index >= 15 is 0 Å². The summed E-state index contributed by atoms with van der Waals surface area (Å²) in [5.74, 6) is 0.771. The fourth-order valence-corrected chi connectivity index (χ4v) is 5.54. The normalized spacial score (nSPS) is 15.3. The average Bonchev–Trinajstić information content (AvgIpc) is 3.31. The standard InChI is InChI=1S/C28H33N5OS/c1-4-10-20(2)13-14-30-27(34)25-17-24-26(35-25)21(3)33(19-23-12-7-6-11-22(23)18-29)28(31-24)32-15-8-5-9-16-32/h6-7,11-12,17H,2-5,8-10,13-16,19H2,1H3,(H,30,34). The number of carbonyl (C=O) groups excluding carboxylic acids is 1. The lowest BCUT2D eigenvalue weighted by molar-refractivity contribution is 0.0958. The molecule has 0 spiro atoms. The summed E-state index contributed by atoms with van der Waals surface area (Å²) in [7, 11) is 0. The Bertz CT molecular complexity index is 1180. The van der Waals surface area contributed by atoms with E-state index < -0.39 is 0 Å². The number of nitrogens with zero attached hydrogens (tertiary/aromatic N) is 4. The van der Waals surface area contributed by atoms with E-state index in [1.807, 2.05) is 30.3 Å². The number of thiophene rings is 1. The maximum absolute atomic E-state index is 12.9. The van der Waals surface area contributed by atoms with Crippen molar-refractivity contribution in [2.75, 3.05) is 19.6 Å². The molecule has 2 aromatic rings. The van der Waals surface area contributed by atoms with Crippen LogP contribution in [0.25, 0.3) is 5.70 Å². The summed E-state index contributed by atoms with van der Waals surface area (Å²) in [6.45, 7) is 13.6. The van der Waals surface area contributed by atoms with Gasteiger partial charge in [-0.15, -0.1) is 11.3 Å². The Morgan fingerprint density at radius 3 is 2.74 bits per heavy atom. The van der Waals surface area contributed by atoms with Crippen molar-refractivity contribution in [3.05, 3.63) is 69.9 Å². The molecular formula is C28H33N5OS. The van der Waals surface area contributed by atoms with Crippen LogP contribution in [-0.4, -0.2) is 41.3 Å². The van der Waals surface area contributed by atoms with Crippen molar-refractivity contribution >= 4 is 34.6 Å². The van der Waals surface area contributed by atoms with Crippen molar-refractivity contribution in [3.8, 4) is 6.07 Å². The number of hydrogen-bond donors (Lipinski definition) is 1. The van der Waals surface area contributed by atoms with E-state index in [2.05, 4.69) is 41.3 Å². The topological polar surface area (TPSA) is 71.7 Å². The van der Waals surface area contributed by atoms with E-state index in [9.17, 15) is 10.1 Å². The Morgan fingerprint density at radius 1 is 1.23 bits per heavy atom. The highest BCUT2D eigenvalue weighted by Gasteiger charge is 2.31. The maximum atomic E-state index is 12.9. The van der Waals surface area contributed by atoms with Gasteiger partial charge < -0.3 is 15.1 Å². The maximum Gasteiger partial charge on any atom is 0.261 e.